The number of hydrogen-bond acceptors (Lipinski definition) is 2. The summed E-state index contributed by atoms with van der Waals surface area (Å²) in [5, 5.41) is 0. The summed E-state index contributed by atoms with van der Waals surface area (Å²) >= 11 is 0. The average Bonchev–Trinajstić information content (AvgIpc) is 2.04. The van der Waals surface area contributed by atoms with Crippen molar-refractivity contribution in [3.63, 3.8) is 0 Å². The Balaban J connectivity index is 3.82. The van der Waals surface area contributed by atoms with E-state index in [9.17, 15) is 0 Å². The van der Waals surface area contributed by atoms with E-state index >= 15 is 0 Å². The highest BCUT2D eigenvalue weighted by Crippen LogP contribution is 2.02. The van der Waals surface area contributed by atoms with Crippen LogP contribution in [0.25, 0.3) is 0 Å². The van der Waals surface area contributed by atoms with Crippen molar-refractivity contribution in [2.75, 3.05) is 19.6 Å². The minimum atomic E-state index is 0.519. The molecule has 2 N–H and O–H groups in total. The van der Waals surface area contributed by atoms with Crippen molar-refractivity contribution in [3.8, 4) is 12.3 Å². The minimum Gasteiger partial charge on any atom is -0.330 e. The SMILES string of the molecule is C#CCN(CCC)C(C)CCN. The molecule has 12 heavy (non-hydrogen) atoms. The number of hydrogen-bond donors (Lipinski definition) is 1. The van der Waals surface area contributed by atoms with Gasteiger partial charge in [-0.15, -0.1) is 6.42 Å². The molecule has 0 bridgehead atoms. The summed E-state index contributed by atoms with van der Waals surface area (Å²) in [7, 11) is 0. The lowest BCUT2D eigenvalue weighted by Crippen LogP contribution is -2.35. The van der Waals surface area contributed by atoms with Gasteiger partial charge in [0.25, 0.3) is 0 Å². The van der Waals surface area contributed by atoms with Crippen molar-refractivity contribution < 1.29 is 0 Å². The maximum Gasteiger partial charge on any atom is 0.0601 e. The van der Waals surface area contributed by atoms with Crippen LogP contribution in [-0.4, -0.2) is 30.6 Å². The Hall–Kier alpha value is -0.520. The van der Waals surface area contributed by atoms with Crippen molar-refractivity contribution in [3.05, 3.63) is 0 Å². The van der Waals surface area contributed by atoms with Crippen LogP contribution < -0.4 is 5.73 Å². The third kappa shape index (κ3) is 4.38. The Labute approximate surface area is 76.1 Å². The van der Waals surface area contributed by atoms with Crippen LogP contribution in [0.15, 0.2) is 0 Å². The van der Waals surface area contributed by atoms with Gasteiger partial charge in [-0.1, -0.05) is 12.8 Å². The minimum absolute atomic E-state index is 0.519. The number of rotatable bonds is 6. The Bertz CT molecular complexity index is 137. The second-order valence-corrected chi connectivity index (χ2v) is 3.10. The van der Waals surface area contributed by atoms with Gasteiger partial charge in [-0.2, -0.15) is 0 Å². The Morgan fingerprint density at radius 1 is 1.58 bits per heavy atom. The van der Waals surface area contributed by atoms with E-state index in [0.29, 0.717) is 6.04 Å². The number of terminal acetylenes is 1. The molecule has 0 fully saturated rings. The van der Waals surface area contributed by atoms with E-state index in [1.807, 2.05) is 0 Å². The molecule has 1 unspecified atom stereocenters. The van der Waals surface area contributed by atoms with Crippen molar-refractivity contribution in [2.24, 2.45) is 5.73 Å². The van der Waals surface area contributed by atoms with Crippen LogP contribution in [0, 0.1) is 12.3 Å². The van der Waals surface area contributed by atoms with E-state index in [1.54, 1.807) is 0 Å². The van der Waals surface area contributed by atoms with Gasteiger partial charge in [0, 0.05) is 6.04 Å². The topological polar surface area (TPSA) is 29.3 Å². The molecule has 0 rings (SSSR count). The zero-order chi connectivity index (χ0) is 9.40. The number of nitrogens with two attached hydrogens (primary N) is 1. The fourth-order valence-electron chi connectivity index (χ4n) is 1.28. The van der Waals surface area contributed by atoms with Gasteiger partial charge in [0.15, 0.2) is 0 Å². The summed E-state index contributed by atoms with van der Waals surface area (Å²) in [5.41, 5.74) is 5.48. The summed E-state index contributed by atoms with van der Waals surface area (Å²) in [6.07, 6.45) is 7.45. The van der Waals surface area contributed by atoms with Gasteiger partial charge < -0.3 is 5.73 Å². The lowest BCUT2D eigenvalue weighted by molar-refractivity contribution is 0.227. The Kier molecular flexibility index (Phi) is 6.84. The van der Waals surface area contributed by atoms with Gasteiger partial charge >= 0.3 is 0 Å². The molecular formula is C10H20N2. The van der Waals surface area contributed by atoms with E-state index in [1.165, 1.54) is 0 Å². The van der Waals surface area contributed by atoms with Gasteiger partial charge in [-0.05, 0) is 32.9 Å². The first-order valence-electron chi connectivity index (χ1n) is 4.63. The standard InChI is InChI=1S/C10H20N2/c1-4-8-12(9-5-2)10(3)6-7-11/h1,10H,5-9,11H2,2-3H3. The molecule has 0 saturated carbocycles. The molecule has 0 amide bonds. The molecule has 0 aliphatic heterocycles. The van der Waals surface area contributed by atoms with Crippen LogP contribution in [0.5, 0.6) is 0 Å². The maximum atomic E-state index is 5.48. The molecule has 0 aromatic rings. The van der Waals surface area contributed by atoms with Crippen LogP contribution in [0.2, 0.25) is 0 Å². The van der Waals surface area contributed by atoms with Crippen LogP contribution >= 0.6 is 0 Å². The molecule has 0 aliphatic carbocycles. The highest BCUT2D eigenvalue weighted by Gasteiger charge is 2.09. The van der Waals surface area contributed by atoms with Crippen LogP contribution in [0.3, 0.4) is 0 Å². The zero-order valence-corrected chi connectivity index (χ0v) is 8.21. The Morgan fingerprint density at radius 3 is 2.67 bits per heavy atom. The van der Waals surface area contributed by atoms with Gasteiger partial charge in [0.05, 0.1) is 6.54 Å². The van der Waals surface area contributed by atoms with E-state index in [-0.39, 0.29) is 0 Å². The van der Waals surface area contributed by atoms with Gasteiger partial charge in [-0.25, -0.2) is 0 Å². The van der Waals surface area contributed by atoms with E-state index in [4.69, 9.17) is 12.2 Å². The summed E-state index contributed by atoms with van der Waals surface area (Å²) in [6.45, 7) is 6.91. The van der Waals surface area contributed by atoms with Gasteiger partial charge in [0.1, 0.15) is 0 Å². The van der Waals surface area contributed by atoms with Crippen LogP contribution in [0.4, 0.5) is 0 Å². The molecular weight excluding hydrogens is 148 g/mol. The van der Waals surface area contributed by atoms with Crippen LogP contribution in [-0.2, 0) is 0 Å². The first kappa shape index (κ1) is 11.5. The first-order chi connectivity index (χ1) is 5.76. The quantitative estimate of drug-likeness (QED) is 0.601. The summed E-state index contributed by atoms with van der Waals surface area (Å²) < 4.78 is 0. The highest BCUT2D eigenvalue weighted by atomic mass is 15.1. The van der Waals surface area contributed by atoms with Crippen molar-refractivity contribution in [2.45, 2.75) is 32.7 Å². The number of nitrogens with zero attached hydrogens (tertiary/aromatic N) is 1. The van der Waals surface area contributed by atoms with Gasteiger partial charge in [0.2, 0.25) is 0 Å². The van der Waals surface area contributed by atoms with Gasteiger partial charge in [-0.3, -0.25) is 4.90 Å². The normalized spacial score (nSPS) is 12.9. The van der Waals surface area contributed by atoms with Crippen molar-refractivity contribution >= 4 is 0 Å². The summed E-state index contributed by atoms with van der Waals surface area (Å²) in [6, 6.07) is 0.519. The summed E-state index contributed by atoms with van der Waals surface area (Å²) in [5.74, 6) is 2.68. The largest absolute Gasteiger partial charge is 0.330 e. The molecule has 0 aliphatic rings. The zero-order valence-electron chi connectivity index (χ0n) is 8.21. The molecule has 0 heterocycles. The first-order valence-corrected chi connectivity index (χ1v) is 4.63. The van der Waals surface area contributed by atoms with Crippen molar-refractivity contribution in [1.29, 1.82) is 0 Å². The molecule has 2 nitrogen and oxygen atoms in total. The lowest BCUT2D eigenvalue weighted by atomic mass is 10.2. The molecule has 2 heteroatoms. The van der Waals surface area contributed by atoms with Crippen LogP contribution in [0.1, 0.15) is 26.7 Å². The fourth-order valence-corrected chi connectivity index (χ4v) is 1.28. The molecule has 0 saturated heterocycles. The summed E-state index contributed by atoms with van der Waals surface area (Å²) in [4.78, 5) is 2.30. The fraction of sp³-hybridized carbons (Fsp3) is 0.800. The Morgan fingerprint density at radius 2 is 2.25 bits per heavy atom. The second-order valence-electron chi connectivity index (χ2n) is 3.10. The maximum absolute atomic E-state index is 5.48. The van der Waals surface area contributed by atoms with E-state index in [2.05, 4.69) is 24.7 Å². The molecule has 0 spiro atoms. The monoisotopic (exact) mass is 168 g/mol. The van der Waals surface area contributed by atoms with E-state index < -0.39 is 0 Å². The average molecular weight is 168 g/mol. The van der Waals surface area contributed by atoms with Crippen molar-refractivity contribution in [1.82, 2.24) is 4.90 Å². The predicted octanol–water partition coefficient (Wildman–Crippen LogP) is 1.07. The molecule has 0 aromatic carbocycles. The predicted molar refractivity (Wildman–Crippen MR) is 53.8 cm³/mol. The highest BCUT2D eigenvalue weighted by molar-refractivity contribution is 4.89. The third-order valence-corrected chi connectivity index (χ3v) is 2.01. The lowest BCUT2D eigenvalue weighted by Gasteiger charge is -2.26. The molecule has 70 valence electrons. The third-order valence-electron chi connectivity index (χ3n) is 2.01. The second kappa shape index (κ2) is 7.15. The van der Waals surface area contributed by atoms with E-state index in [0.717, 1.165) is 32.5 Å². The smallest absolute Gasteiger partial charge is 0.0601 e. The molecule has 0 radical (unpaired) electrons. The molecule has 0 aromatic heterocycles. The molecule has 1 atom stereocenters.